The van der Waals surface area contributed by atoms with Crippen LogP contribution < -0.4 is 0 Å². The molecule has 0 aliphatic carbocycles. The summed E-state index contributed by atoms with van der Waals surface area (Å²) in [6.07, 6.45) is 0.818. The summed E-state index contributed by atoms with van der Waals surface area (Å²) in [6.45, 7) is 2.09. The molecule has 0 saturated carbocycles. The molecule has 0 saturated heterocycles. The Hall–Kier alpha value is -0.250. The summed E-state index contributed by atoms with van der Waals surface area (Å²) >= 11 is 14.8. The molecule has 0 N–H and O–H groups in total. The molecule has 0 nitrogen and oxygen atoms in total. The zero-order valence-electron chi connectivity index (χ0n) is 9.96. The smallest absolute Gasteiger partial charge is 0.0636 e. The van der Waals surface area contributed by atoms with Crippen molar-refractivity contribution in [2.24, 2.45) is 0 Å². The molecular weight excluding hydrogens is 378 g/mol. The van der Waals surface area contributed by atoms with Gasteiger partial charge < -0.3 is 0 Å². The molecule has 0 heterocycles. The van der Waals surface area contributed by atoms with Crippen molar-refractivity contribution in [2.75, 3.05) is 0 Å². The van der Waals surface area contributed by atoms with Crippen LogP contribution in [0.15, 0.2) is 42.5 Å². The number of benzene rings is 2. The van der Waals surface area contributed by atoms with Crippen LogP contribution >= 0.6 is 45.8 Å². The van der Waals surface area contributed by atoms with Crippen molar-refractivity contribution in [3.63, 3.8) is 0 Å². The van der Waals surface area contributed by atoms with Crippen molar-refractivity contribution in [3.8, 4) is 0 Å². The maximum absolute atomic E-state index is 6.49. The second-order valence-electron chi connectivity index (χ2n) is 4.32. The molecule has 2 aromatic carbocycles. The van der Waals surface area contributed by atoms with Gasteiger partial charge in [0.05, 0.1) is 5.38 Å². The van der Waals surface area contributed by atoms with E-state index in [1.807, 2.05) is 18.2 Å². The first kappa shape index (κ1) is 14.2. The van der Waals surface area contributed by atoms with E-state index in [4.69, 9.17) is 23.2 Å². The normalized spacial score (nSPS) is 12.4. The molecule has 1 unspecified atom stereocenters. The predicted molar refractivity (Wildman–Crippen MR) is 87.6 cm³/mol. The SMILES string of the molecule is Cc1ccc(CC(Cl)c2cc(Cl)ccc2I)cc1. The molecule has 0 amide bonds. The first-order valence-corrected chi connectivity index (χ1v) is 7.60. The molecule has 0 aliphatic heterocycles. The van der Waals surface area contributed by atoms with Crippen LogP contribution in [0.25, 0.3) is 0 Å². The lowest BCUT2D eigenvalue weighted by Gasteiger charge is -2.12. The van der Waals surface area contributed by atoms with E-state index >= 15 is 0 Å². The summed E-state index contributed by atoms with van der Waals surface area (Å²) in [6, 6.07) is 14.3. The van der Waals surface area contributed by atoms with Crippen molar-refractivity contribution >= 4 is 45.8 Å². The van der Waals surface area contributed by atoms with Gasteiger partial charge in [0.2, 0.25) is 0 Å². The molecule has 0 aliphatic rings. The summed E-state index contributed by atoms with van der Waals surface area (Å²) in [7, 11) is 0. The maximum atomic E-state index is 6.49. The van der Waals surface area contributed by atoms with Crippen molar-refractivity contribution in [1.82, 2.24) is 0 Å². The van der Waals surface area contributed by atoms with Crippen LogP contribution in [0.5, 0.6) is 0 Å². The molecule has 0 bridgehead atoms. The molecule has 2 aromatic rings. The lowest BCUT2D eigenvalue weighted by Crippen LogP contribution is -1.98. The second kappa shape index (κ2) is 6.27. The average molecular weight is 391 g/mol. The lowest BCUT2D eigenvalue weighted by molar-refractivity contribution is 0.913. The summed E-state index contributed by atoms with van der Waals surface area (Å²) < 4.78 is 1.16. The van der Waals surface area contributed by atoms with Crippen molar-refractivity contribution < 1.29 is 0 Å². The van der Waals surface area contributed by atoms with E-state index in [2.05, 4.69) is 53.8 Å². The number of rotatable bonds is 3. The van der Waals surface area contributed by atoms with Crippen LogP contribution in [0.4, 0.5) is 0 Å². The number of hydrogen-bond donors (Lipinski definition) is 0. The fourth-order valence-electron chi connectivity index (χ4n) is 1.80. The Morgan fingerprint density at radius 2 is 1.78 bits per heavy atom. The largest absolute Gasteiger partial charge is 0.117 e. The summed E-state index contributed by atoms with van der Waals surface area (Å²) in [5, 5.41) is 0.693. The van der Waals surface area contributed by atoms with Crippen LogP contribution in [-0.2, 0) is 6.42 Å². The standard InChI is InChI=1S/C15H13Cl2I/c1-10-2-4-11(5-3-10)8-14(17)13-9-12(16)6-7-15(13)18/h2-7,9,14H,8H2,1H3. The Morgan fingerprint density at radius 1 is 1.11 bits per heavy atom. The molecular formula is C15H13Cl2I. The lowest BCUT2D eigenvalue weighted by atomic mass is 10.0. The van der Waals surface area contributed by atoms with Gasteiger partial charge in [-0.15, -0.1) is 11.6 Å². The summed E-state index contributed by atoms with van der Waals surface area (Å²) in [5.41, 5.74) is 3.61. The highest BCUT2D eigenvalue weighted by Gasteiger charge is 2.12. The molecule has 0 fully saturated rings. The Morgan fingerprint density at radius 3 is 2.44 bits per heavy atom. The van der Waals surface area contributed by atoms with Gasteiger partial charge in [-0.1, -0.05) is 41.4 Å². The fraction of sp³-hybridized carbons (Fsp3) is 0.200. The summed E-state index contributed by atoms with van der Waals surface area (Å²) in [4.78, 5) is 0. The molecule has 94 valence electrons. The molecule has 18 heavy (non-hydrogen) atoms. The molecule has 0 radical (unpaired) electrons. The van der Waals surface area contributed by atoms with E-state index in [9.17, 15) is 0 Å². The van der Waals surface area contributed by atoms with E-state index < -0.39 is 0 Å². The maximum Gasteiger partial charge on any atom is 0.0636 e. The van der Waals surface area contributed by atoms with Gasteiger partial charge in [0.1, 0.15) is 0 Å². The zero-order chi connectivity index (χ0) is 13.1. The minimum absolute atomic E-state index is 0.0432. The minimum Gasteiger partial charge on any atom is -0.117 e. The number of halogens is 3. The molecule has 3 heteroatoms. The highest BCUT2D eigenvalue weighted by Crippen LogP contribution is 2.30. The first-order chi connectivity index (χ1) is 8.56. The Bertz CT molecular complexity index is 535. The van der Waals surface area contributed by atoms with Crippen LogP contribution in [0.3, 0.4) is 0 Å². The van der Waals surface area contributed by atoms with Gasteiger partial charge in [-0.3, -0.25) is 0 Å². The molecule has 0 spiro atoms. The Kier molecular flexibility index (Phi) is 4.93. The fourth-order valence-corrected chi connectivity index (χ4v) is 3.23. The predicted octanol–water partition coefficient (Wildman–Crippen LogP) is 5.78. The Labute approximate surface area is 131 Å². The van der Waals surface area contributed by atoms with Gasteiger partial charge in [0, 0.05) is 8.59 Å². The van der Waals surface area contributed by atoms with Gasteiger partial charge in [0.25, 0.3) is 0 Å². The van der Waals surface area contributed by atoms with Crippen molar-refractivity contribution in [2.45, 2.75) is 18.7 Å². The van der Waals surface area contributed by atoms with Gasteiger partial charge >= 0.3 is 0 Å². The number of alkyl halides is 1. The topological polar surface area (TPSA) is 0 Å². The van der Waals surface area contributed by atoms with E-state index in [0.29, 0.717) is 0 Å². The van der Waals surface area contributed by atoms with Crippen LogP contribution in [0.2, 0.25) is 5.02 Å². The van der Waals surface area contributed by atoms with Crippen LogP contribution in [0, 0.1) is 10.5 Å². The first-order valence-electron chi connectivity index (χ1n) is 5.71. The second-order valence-corrected chi connectivity index (χ2v) is 6.45. The monoisotopic (exact) mass is 390 g/mol. The third-order valence-electron chi connectivity index (χ3n) is 2.83. The minimum atomic E-state index is -0.0432. The van der Waals surface area contributed by atoms with Crippen LogP contribution in [0.1, 0.15) is 22.1 Å². The highest BCUT2D eigenvalue weighted by molar-refractivity contribution is 14.1. The van der Waals surface area contributed by atoms with Crippen molar-refractivity contribution in [3.05, 3.63) is 67.7 Å². The van der Waals surface area contributed by atoms with E-state index in [0.717, 1.165) is 20.6 Å². The highest BCUT2D eigenvalue weighted by atomic mass is 127. The summed E-state index contributed by atoms with van der Waals surface area (Å²) in [5.74, 6) is 0. The van der Waals surface area contributed by atoms with Crippen LogP contribution in [-0.4, -0.2) is 0 Å². The zero-order valence-corrected chi connectivity index (χ0v) is 13.6. The third kappa shape index (κ3) is 3.62. The van der Waals surface area contributed by atoms with E-state index in [1.165, 1.54) is 11.1 Å². The number of hydrogen-bond acceptors (Lipinski definition) is 0. The van der Waals surface area contributed by atoms with Gasteiger partial charge in [-0.2, -0.15) is 0 Å². The van der Waals surface area contributed by atoms with Gasteiger partial charge in [-0.25, -0.2) is 0 Å². The average Bonchev–Trinajstić information content (AvgIpc) is 2.35. The van der Waals surface area contributed by atoms with E-state index in [-0.39, 0.29) is 5.38 Å². The van der Waals surface area contributed by atoms with Crippen molar-refractivity contribution in [1.29, 1.82) is 0 Å². The molecule has 2 rings (SSSR count). The number of aryl methyl sites for hydroxylation is 1. The third-order valence-corrected chi connectivity index (χ3v) is 4.44. The van der Waals surface area contributed by atoms with Gasteiger partial charge in [-0.05, 0) is 65.3 Å². The van der Waals surface area contributed by atoms with E-state index in [1.54, 1.807) is 0 Å². The van der Waals surface area contributed by atoms with Gasteiger partial charge in [0.15, 0.2) is 0 Å². The molecule has 0 aromatic heterocycles. The molecule has 1 atom stereocenters. The quantitative estimate of drug-likeness (QED) is 0.460. The Balaban J connectivity index is 2.18.